The zero-order valence-electron chi connectivity index (χ0n) is 10.2. The van der Waals surface area contributed by atoms with Gasteiger partial charge in [0.05, 0.1) is 5.54 Å². The summed E-state index contributed by atoms with van der Waals surface area (Å²) in [5.41, 5.74) is 5.88. The van der Waals surface area contributed by atoms with E-state index < -0.39 is 0 Å². The molecule has 2 aliphatic heterocycles. The van der Waals surface area contributed by atoms with Gasteiger partial charge in [0.25, 0.3) is 0 Å². The van der Waals surface area contributed by atoms with Crippen molar-refractivity contribution in [2.24, 2.45) is 0 Å². The second-order valence-corrected chi connectivity index (χ2v) is 6.66. The Morgan fingerprint density at radius 1 is 1.17 bits per heavy atom. The summed E-state index contributed by atoms with van der Waals surface area (Å²) in [6, 6.07) is 16.2. The topological polar surface area (TPSA) is 12.0 Å². The fourth-order valence-corrected chi connectivity index (χ4v) is 4.05. The summed E-state index contributed by atoms with van der Waals surface area (Å²) in [7, 11) is 0. The van der Waals surface area contributed by atoms with Crippen molar-refractivity contribution in [1.29, 1.82) is 0 Å². The maximum absolute atomic E-state index is 3.81. The lowest BCUT2D eigenvalue weighted by Gasteiger charge is -2.34. The maximum atomic E-state index is 3.81. The van der Waals surface area contributed by atoms with Crippen LogP contribution in [-0.4, -0.2) is 0 Å². The van der Waals surface area contributed by atoms with Crippen LogP contribution in [0.5, 0.6) is 0 Å². The Balaban J connectivity index is 2.04. The highest BCUT2D eigenvalue weighted by atomic mass is 125. The Labute approximate surface area is 121 Å². The second kappa shape index (κ2) is 3.58. The lowest BCUT2D eigenvalue weighted by molar-refractivity contribution is 0.388. The van der Waals surface area contributed by atoms with Crippen molar-refractivity contribution in [1.82, 2.24) is 5.32 Å². The van der Waals surface area contributed by atoms with Crippen molar-refractivity contribution in [3.8, 4) is 0 Å². The molecule has 2 heterocycles. The summed E-state index contributed by atoms with van der Waals surface area (Å²) in [4.78, 5) is 0. The van der Waals surface area contributed by atoms with Crippen molar-refractivity contribution in [2.75, 3.05) is 0 Å². The van der Waals surface area contributed by atoms with Crippen LogP contribution >= 0.6 is 22.6 Å². The van der Waals surface area contributed by atoms with Gasteiger partial charge in [-0.15, -0.1) is 0 Å². The predicted octanol–water partition coefficient (Wildman–Crippen LogP) is 3.76. The Bertz CT molecular complexity index is 649. The summed E-state index contributed by atoms with van der Waals surface area (Å²) in [6.45, 7) is 2.32. The minimum absolute atomic E-state index is 0.00394. The Morgan fingerprint density at radius 2 is 2.00 bits per heavy atom. The van der Waals surface area contributed by atoms with Gasteiger partial charge < -0.3 is 0 Å². The van der Waals surface area contributed by atoms with Crippen LogP contribution in [0.15, 0.2) is 42.5 Å². The van der Waals surface area contributed by atoms with Crippen molar-refractivity contribution in [3.05, 3.63) is 68.3 Å². The fourth-order valence-electron chi connectivity index (χ4n) is 3.56. The zero-order chi connectivity index (χ0) is 12.3. The molecule has 2 aromatic carbocycles. The van der Waals surface area contributed by atoms with Gasteiger partial charge in [0, 0.05) is 9.61 Å². The van der Waals surface area contributed by atoms with Gasteiger partial charge >= 0.3 is 0 Å². The summed E-state index contributed by atoms with van der Waals surface area (Å²) >= 11 is 2.40. The Kier molecular flexibility index (Phi) is 2.19. The molecular formula is C16H14IN. The summed E-state index contributed by atoms with van der Waals surface area (Å²) < 4.78 is 1.32. The molecule has 0 radical (unpaired) electrons. The highest BCUT2D eigenvalue weighted by molar-refractivity contribution is 14.1. The van der Waals surface area contributed by atoms with Crippen molar-refractivity contribution in [3.63, 3.8) is 0 Å². The molecule has 0 aliphatic carbocycles. The van der Waals surface area contributed by atoms with Crippen LogP contribution in [-0.2, 0) is 12.0 Å². The average molecular weight is 345 g/mol. The first-order valence-electron chi connectivity index (χ1n) is 6.34. The molecule has 0 spiro atoms. The molecule has 2 atom stereocenters. The van der Waals surface area contributed by atoms with Crippen LogP contribution in [0, 0.1) is 3.57 Å². The van der Waals surface area contributed by atoms with Gasteiger partial charge in [0.1, 0.15) is 0 Å². The molecule has 0 saturated carbocycles. The van der Waals surface area contributed by atoms with Crippen molar-refractivity contribution < 1.29 is 0 Å². The molecule has 2 bridgehead atoms. The third kappa shape index (κ3) is 1.30. The maximum Gasteiger partial charge on any atom is 0.0673 e. The van der Waals surface area contributed by atoms with Gasteiger partial charge in [-0.2, -0.15) is 0 Å². The number of rotatable bonds is 0. The molecule has 2 aromatic rings. The minimum atomic E-state index is -0.00394. The highest BCUT2D eigenvalue weighted by Gasteiger charge is 2.45. The monoisotopic (exact) mass is 345 g/mol. The number of hydrogen-bond acceptors (Lipinski definition) is 1. The van der Waals surface area contributed by atoms with E-state index in [1.54, 1.807) is 0 Å². The van der Waals surface area contributed by atoms with E-state index in [2.05, 4.69) is 77.3 Å². The number of hydrogen-bond donors (Lipinski definition) is 1. The first-order valence-corrected chi connectivity index (χ1v) is 7.42. The van der Waals surface area contributed by atoms with Gasteiger partial charge in [0.15, 0.2) is 0 Å². The smallest absolute Gasteiger partial charge is 0.0673 e. The SMILES string of the molecule is CC12NC(Cc3ccc([125I])cc31)c1ccccc12. The molecule has 1 N–H and O–H groups in total. The first kappa shape index (κ1) is 11.0. The summed E-state index contributed by atoms with van der Waals surface area (Å²) in [5.74, 6) is 0. The van der Waals surface area contributed by atoms with E-state index >= 15 is 0 Å². The number of fused-ring (bicyclic) bond motifs is 7. The van der Waals surface area contributed by atoms with E-state index in [4.69, 9.17) is 0 Å². The molecular weight excluding hydrogens is 331 g/mol. The van der Waals surface area contributed by atoms with Crippen molar-refractivity contribution >= 4 is 22.6 Å². The van der Waals surface area contributed by atoms with E-state index in [0.717, 1.165) is 6.42 Å². The van der Waals surface area contributed by atoms with Gasteiger partial charge in [-0.1, -0.05) is 30.3 Å². The van der Waals surface area contributed by atoms with E-state index in [1.807, 2.05) is 0 Å². The van der Waals surface area contributed by atoms with Crippen LogP contribution in [0.2, 0.25) is 0 Å². The third-order valence-electron chi connectivity index (χ3n) is 4.37. The van der Waals surface area contributed by atoms with Gasteiger partial charge in [0.2, 0.25) is 0 Å². The molecule has 2 heteroatoms. The van der Waals surface area contributed by atoms with Crippen LogP contribution in [0.1, 0.15) is 35.2 Å². The van der Waals surface area contributed by atoms with Crippen LogP contribution in [0.25, 0.3) is 0 Å². The molecule has 18 heavy (non-hydrogen) atoms. The summed E-state index contributed by atoms with van der Waals surface area (Å²) in [5, 5.41) is 3.81. The number of benzene rings is 2. The molecule has 4 rings (SSSR count). The molecule has 2 unspecified atom stereocenters. The minimum Gasteiger partial charge on any atom is -0.297 e. The molecule has 0 aromatic heterocycles. The fraction of sp³-hybridized carbons (Fsp3) is 0.250. The molecule has 90 valence electrons. The second-order valence-electron chi connectivity index (χ2n) is 5.41. The van der Waals surface area contributed by atoms with Crippen molar-refractivity contribution in [2.45, 2.75) is 24.9 Å². The summed E-state index contributed by atoms with van der Waals surface area (Å²) in [6.07, 6.45) is 1.11. The molecule has 2 aliphatic rings. The van der Waals surface area contributed by atoms with Gasteiger partial charge in [-0.05, 0) is 70.3 Å². The lowest BCUT2D eigenvalue weighted by atomic mass is 9.82. The molecule has 1 nitrogen and oxygen atoms in total. The van der Waals surface area contributed by atoms with E-state index in [-0.39, 0.29) is 5.54 Å². The largest absolute Gasteiger partial charge is 0.297 e. The zero-order valence-corrected chi connectivity index (χ0v) is 12.4. The van der Waals surface area contributed by atoms with Crippen LogP contribution in [0.3, 0.4) is 0 Å². The first-order chi connectivity index (χ1) is 8.68. The molecule has 0 saturated heterocycles. The number of nitrogens with one attached hydrogen (secondary N) is 1. The Hall–Kier alpha value is -0.870. The van der Waals surface area contributed by atoms with E-state index in [9.17, 15) is 0 Å². The lowest BCUT2D eigenvalue weighted by Crippen LogP contribution is -2.41. The van der Waals surface area contributed by atoms with E-state index in [0.29, 0.717) is 6.04 Å². The van der Waals surface area contributed by atoms with E-state index in [1.165, 1.54) is 25.8 Å². The Morgan fingerprint density at radius 3 is 2.89 bits per heavy atom. The average Bonchev–Trinajstić information content (AvgIpc) is 2.62. The standard InChI is InChI=1S/C16H14IN/c1-16-13-5-3-2-4-12(13)15(18-16)8-10-6-7-11(17)9-14(10)16/h2-7,9,15,18H,8H2,1H3/i17-2. The van der Waals surface area contributed by atoms with Gasteiger partial charge in [-0.25, -0.2) is 0 Å². The molecule has 0 amide bonds. The van der Waals surface area contributed by atoms with Crippen LogP contribution in [0.4, 0.5) is 0 Å². The third-order valence-corrected chi connectivity index (χ3v) is 5.04. The number of halogens is 1. The molecule has 0 fully saturated rings. The predicted molar refractivity (Wildman–Crippen MR) is 81.6 cm³/mol. The highest BCUT2D eigenvalue weighted by Crippen LogP contribution is 2.48. The van der Waals surface area contributed by atoms with Gasteiger partial charge in [-0.3, -0.25) is 5.32 Å². The quantitative estimate of drug-likeness (QED) is 0.717. The normalized spacial score (nSPS) is 27.8. The van der Waals surface area contributed by atoms with Crippen LogP contribution < -0.4 is 5.32 Å².